The topological polar surface area (TPSA) is 49.3 Å². The van der Waals surface area contributed by atoms with E-state index in [2.05, 4.69) is 26.1 Å². The van der Waals surface area contributed by atoms with Crippen LogP contribution in [-0.2, 0) is 4.79 Å². The van der Waals surface area contributed by atoms with Crippen molar-refractivity contribution in [3.8, 4) is 0 Å². The lowest BCUT2D eigenvalue weighted by Gasteiger charge is -2.28. The zero-order chi connectivity index (χ0) is 12.3. The molecule has 0 aliphatic rings. The normalized spacial score (nSPS) is 14.9. The minimum Gasteiger partial charge on any atom is -0.394 e. The Balaban J connectivity index is 4.29. The quantitative estimate of drug-likeness (QED) is 0.756. The van der Waals surface area contributed by atoms with Gasteiger partial charge in [0.05, 0.1) is 12.6 Å². The summed E-state index contributed by atoms with van der Waals surface area (Å²) in [5, 5.41) is 12.1. The second-order valence-electron chi connectivity index (χ2n) is 6.37. The van der Waals surface area contributed by atoms with Crippen molar-refractivity contribution in [1.82, 2.24) is 5.32 Å². The lowest BCUT2D eigenvalue weighted by molar-refractivity contribution is -0.129. The van der Waals surface area contributed by atoms with Crippen molar-refractivity contribution in [2.75, 3.05) is 6.61 Å². The smallest absolute Gasteiger partial charge is 0.225 e. The van der Waals surface area contributed by atoms with E-state index >= 15 is 0 Å². The Morgan fingerprint density at radius 3 is 1.93 bits per heavy atom. The van der Waals surface area contributed by atoms with Crippen molar-refractivity contribution in [3.05, 3.63) is 0 Å². The fourth-order valence-electron chi connectivity index (χ4n) is 1.30. The number of aliphatic hydroxyl groups excluding tert-OH is 1. The number of hydrogen-bond donors (Lipinski definition) is 2. The number of nitrogens with one attached hydrogen (secondary N) is 1. The SMILES string of the molecule is CC(C)(C)C[C@@H](CO)NC(=O)C(C)(C)C. The predicted octanol–water partition coefficient (Wildman–Crippen LogP) is 1.95. The fourth-order valence-corrected chi connectivity index (χ4v) is 1.30. The minimum absolute atomic E-state index is 0.000903. The molecule has 0 unspecified atom stereocenters. The van der Waals surface area contributed by atoms with Gasteiger partial charge in [-0.05, 0) is 11.8 Å². The molecule has 0 fully saturated rings. The molecular formula is C12H25NO2. The van der Waals surface area contributed by atoms with Crippen LogP contribution in [0.15, 0.2) is 0 Å². The van der Waals surface area contributed by atoms with Gasteiger partial charge in [-0.1, -0.05) is 41.5 Å². The Kier molecular flexibility index (Phi) is 4.78. The van der Waals surface area contributed by atoms with Gasteiger partial charge in [-0.15, -0.1) is 0 Å². The van der Waals surface area contributed by atoms with Crippen LogP contribution in [0.4, 0.5) is 0 Å². The van der Waals surface area contributed by atoms with Gasteiger partial charge in [0.2, 0.25) is 5.91 Å². The van der Waals surface area contributed by atoms with Crippen LogP contribution >= 0.6 is 0 Å². The Morgan fingerprint density at radius 2 is 1.67 bits per heavy atom. The highest BCUT2D eigenvalue weighted by Crippen LogP contribution is 2.21. The lowest BCUT2D eigenvalue weighted by atomic mass is 9.87. The van der Waals surface area contributed by atoms with Crippen molar-refractivity contribution in [2.45, 2.75) is 54.0 Å². The Labute approximate surface area is 93.3 Å². The molecule has 0 radical (unpaired) electrons. The zero-order valence-electron chi connectivity index (χ0n) is 10.8. The zero-order valence-corrected chi connectivity index (χ0v) is 10.8. The van der Waals surface area contributed by atoms with Gasteiger partial charge in [0.15, 0.2) is 0 Å². The average Bonchev–Trinajstić information content (AvgIpc) is 1.98. The Morgan fingerprint density at radius 1 is 1.20 bits per heavy atom. The maximum Gasteiger partial charge on any atom is 0.225 e. The van der Waals surface area contributed by atoms with Crippen LogP contribution in [0.1, 0.15) is 48.0 Å². The average molecular weight is 215 g/mol. The molecule has 3 nitrogen and oxygen atoms in total. The monoisotopic (exact) mass is 215 g/mol. The van der Waals surface area contributed by atoms with Gasteiger partial charge in [0.25, 0.3) is 0 Å². The van der Waals surface area contributed by atoms with Crippen molar-refractivity contribution in [3.63, 3.8) is 0 Å². The molecule has 2 N–H and O–H groups in total. The summed E-state index contributed by atoms with van der Waals surface area (Å²) in [6.45, 7) is 11.9. The summed E-state index contributed by atoms with van der Waals surface area (Å²) in [5.74, 6) is -0.00852. The molecule has 0 saturated heterocycles. The maximum absolute atomic E-state index is 11.7. The molecule has 0 heterocycles. The van der Waals surface area contributed by atoms with Gasteiger partial charge in [-0.25, -0.2) is 0 Å². The largest absolute Gasteiger partial charge is 0.394 e. The Bertz CT molecular complexity index is 211. The number of hydrogen-bond acceptors (Lipinski definition) is 2. The third-order valence-electron chi connectivity index (χ3n) is 2.10. The van der Waals surface area contributed by atoms with Crippen LogP contribution in [0, 0.1) is 10.8 Å². The molecule has 0 aromatic carbocycles. The van der Waals surface area contributed by atoms with E-state index in [9.17, 15) is 9.90 Å². The molecule has 1 amide bonds. The van der Waals surface area contributed by atoms with Gasteiger partial charge < -0.3 is 10.4 Å². The molecule has 1 atom stereocenters. The maximum atomic E-state index is 11.7. The van der Waals surface area contributed by atoms with Gasteiger partial charge in [0.1, 0.15) is 0 Å². The van der Waals surface area contributed by atoms with Crippen LogP contribution < -0.4 is 5.32 Å². The highest BCUT2D eigenvalue weighted by atomic mass is 16.3. The van der Waals surface area contributed by atoms with E-state index in [0.717, 1.165) is 6.42 Å². The molecule has 0 bridgehead atoms. The summed E-state index contributed by atoms with van der Waals surface area (Å²) in [6.07, 6.45) is 0.783. The first-order valence-electron chi connectivity index (χ1n) is 5.48. The first kappa shape index (κ1) is 14.4. The summed E-state index contributed by atoms with van der Waals surface area (Å²) in [5.41, 5.74) is -0.288. The molecule has 0 aliphatic heterocycles. The summed E-state index contributed by atoms with van der Waals surface area (Å²) in [7, 11) is 0. The van der Waals surface area contributed by atoms with Crippen LogP contribution in [0.3, 0.4) is 0 Å². The second-order valence-corrected chi connectivity index (χ2v) is 6.37. The lowest BCUT2D eigenvalue weighted by Crippen LogP contribution is -2.45. The fraction of sp³-hybridized carbons (Fsp3) is 0.917. The molecule has 0 rings (SSSR count). The molecule has 90 valence electrons. The summed E-state index contributed by atoms with van der Waals surface area (Å²) >= 11 is 0. The summed E-state index contributed by atoms with van der Waals surface area (Å²) < 4.78 is 0. The molecular weight excluding hydrogens is 190 g/mol. The standard InChI is InChI=1S/C12H25NO2/c1-11(2,3)7-9(8-14)13-10(15)12(4,5)6/h9,14H,7-8H2,1-6H3,(H,13,15)/t9-/m0/s1. The highest BCUT2D eigenvalue weighted by Gasteiger charge is 2.25. The van der Waals surface area contributed by atoms with Gasteiger partial charge >= 0.3 is 0 Å². The number of carbonyl (C=O) groups excluding carboxylic acids is 1. The Hall–Kier alpha value is -0.570. The summed E-state index contributed by atoms with van der Waals surface area (Å²) in [4.78, 5) is 11.7. The molecule has 0 aromatic rings. The van der Waals surface area contributed by atoms with Gasteiger partial charge in [0, 0.05) is 5.41 Å². The number of aliphatic hydroxyl groups is 1. The van der Waals surface area contributed by atoms with E-state index in [4.69, 9.17) is 0 Å². The third kappa shape index (κ3) is 6.50. The van der Waals surface area contributed by atoms with E-state index < -0.39 is 5.41 Å². The van der Waals surface area contributed by atoms with E-state index in [1.165, 1.54) is 0 Å². The van der Waals surface area contributed by atoms with E-state index in [0.29, 0.717) is 0 Å². The van der Waals surface area contributed by atoms with Crippen LogP contribution in [-0.4, -0.2) is 23.7 Å². The first-order valence-corrected chi connectivity index (χ1v) is 5.48. The van der Waals surface area contributed by atoms with Crippen LogP contribution in [0.25, 0.3) is 0 Å². The second kappa shape index (κ2) is 4.97. The molecule has 0 spiro atoms. The number of amides is 1. The van der Waals surface area contributed by atoms with Crippen molar-refractivity contribution < 1.29 is 9.90 Å². The van der Waals surface area contributed by atoms with Crippen LogP contribution in [0.2, 0.25) is 0 Å². The van der Waals surface area contributed by atoms with Gasteiger partial charge in [-0.2, -0.15) is 0 Å². The number of rotatable bonds is 3. The minimum atomic E-state index is -0.398. The molecule has 0 aromatic heterocycles. The van der Waals surface area contributed by atoms with Crippen molar-refractivity contribution >= 4 is 5.91 Å². The highest BCUT2D eigenvalue weighted by molar-refractivity contribution is 5.81. The van der Waals surface area contributed by atoms with E-state index in [1.807, 2.05) is 20.8 Å². The van der Waals surface area contributed by atoms with Crippen LogP contribution in [0.5, 0.6) is 0 Å². The van der Waals surface area contributed by atoms with Crippen molar-refractivity contribution in [2.24, 2.45) is 10.8 Å². The molecule has 0 saturated carbocycles. The predicted molar refractivity (Wildman–Crippen MR) is 62.5 cm³/mol. The summed E-state index contributed by atoms with van der Waals surface area (Å²) in [6, 6.07) is -0.142. The molecule has 15 heavy (non-hydrogen) atoms. The first-order chi connectivity index (χ1) is 6.56. The van der Waals surface area contributed by atoms with Gasteiger partial charge in [-0.3, -0.25) is 4.79 Å². The number of carbonyl (C=O) groups is 1. The van der Waals surface area contributed by atoms with Crippen molar-refractivity contribution in [1.29, 1.82) is 0 Å². The third-order valence-corrected chi connectivity index (χ3v) is 2.10. The molecule has 3 heteroatoms. The van der Waals surface area contributed by atoms with E-state index in [1.54, 1.807) is 0 Å². The molecule has 0 aliphatic carbocycles. The van der Waals surface area contributed by atoms with E-state index in [-0.39, 0.29) is 24.0 Å².